The normalized spacial score (nSPS) is 17.2. The molecule has 2 aromatic rings. The Bertz CT molecular complexity index is 874. The second-order valence-electron chi connectivity index (χ2n) is 7.36. The number of methoxy groups -OCH3 is 2. The molecule has 1 N–H and O–H groups in total. The largest absolute Gasteiger partial charge is 0.497 e. The molecule has 1 heterocycles. The van der Waals surface area contributed by atoms with E-state index in [0.717, 1.165) is 17.7 Å². The van der Waals surface area contributed by atoms with E-state index in [1.807, 2.05) is 18.2 Å². The number of nitrogens with zero attached hydrogens (tertiary/aromatic N) is 1. The Kier molecular flexibility index (Phi) is 6.42. The first-order chi connectivity index (χ1) is 14.0. The third kappa shape index (κ3) is 4.53. The summed E-state index contributed by atoms with van der Waals surface area (Å²) >= 11 is 0. The summed E-state index contributed by atoms with van der Waals surface area (Å²) < 4.78 is 10.5. The van der Waals surface area contributed by atoms with E-state index >= 15 is 0 Å². The Labute approximate surface area is 171 Å². The quantitative estimate of drug-likeness (QED) is 0.761. The summed E-state index contributed by atoms with van der Waals surface area (Å²) in [7, 11) is 3.12. The van der Waals surface area contributed by atoms with E-state index in [0.29, 0.717) is 29.6 Å². The van der Waals surface area contributed by atoms with Crippen molar-refractivity contribution < 1.29 is 19.1 Å². The minimum atomic E-state index is -0.412. The van der Waals surface area contributed by atoms with Crippen LogP contribution in [0.15, 0.2) is 42.5 Å². The number of amides is 2. The fraction of sp³-hybridized carbons (Fsp3) is 0.391. The zero-order chi connectivity index (χ0) is 21.0. The average molecular weight is 396 g/mol. The first-order valence-electron chi connectivity index (χ1n) is 9.90. The summed E-state index contributed by atoms with van der Waals surface area (Å²) in [6.07, 6.45) is 1.18. The summed E-state index contributed by atoms with van der Waals surface area (Å²) in [4.78, 5) is 27.3. The van der Waals surface area contributed by atoms with Gasteiger partial charge in [-0.3, -0.25) is 9.59 Å². The van der Waals surface area contributed by atoms with Crippen LogP contribution in [0, 0.1) is 5.92 Å². The number of hydrogen-bond acceptors (Lipinski definition) is 4. The second-order valence-corrected chi connectivity index (χ2v) is 7.36. The van der Waals surface area contributed by atoms with Crippen LogP contribution >= 0.6 is 0 Å². The number of para-hydroxylation sites is 1. The van der Waals surface area contributed by atoms with E-state index in [1.165, 1.54) is 0 Å². The fourth-order valence-electron chi connectivity index (χ4n) is 3.61. The number of anilines is 2. The number of benzene rings is 2. The van der Waals surface area contributed by atoms with Crippen molar-refractivity contribution in [3.05, 3.63) is 48.0 Å². The van der Waals surface area contributed by atoms with Crippen molar-refractivity contribution in [2.24, 2.45) is 5.92 Å². The third-order valence-electron chi connectivity index (χ3n) is 5.49. The first kappa shape index (κ1) is 20.7. The molecule has 1 saturated heterocycles. The highest BCUT2D eigenvalue weighted by molar-refractivity contribution is 6.04. The van der Waals surface area contributed by atoms with Gasteiger partial charge in [0.25, 0.3) is 0 Å². The molecule has 6 nitrogen and oxygen atoms in total. The number of ether oxygens (including phenoxy) is 2. The van der Waals surface area contributed by atoms with Crippen molar-refractivity contribution in [2.45, 2.75) is 32.6 Å². The van der Waals surface area contributed by atoms with Crippen LogP contribution in [0.1, 0.15) is 38.2 Å². The highest BCUT2D eigenvalue weighted by atomic mass is 16.5. The Morgan fingerprint density at radius 1 is 1.17 bits per heavy atom. The highest BCUT2D eigenvalue weighted by Gasteiger charge is 2.36. The Morgan fingerprint density at radius 3 is 2.45 bits per heavy atom. The molecular weight excluding hydrogens is 368 g/mol. The summed E-state index contributed by atoms with van der Waals surface area (Å²) in [6, 6.07) is 13.2. The molecule has 0 aromatic heterocycles. The van der Waals surface area contributed by atoms with Gasteiger partial charge in [0.1, 0.15) is 11.5 Å². The Balaban J connectivity index is 1.76. The first-order valence-corrected chi connectivity index (χ1v) is 9.90. The van der Waals surface area contributed by atoms with Crippen molar-refractivity contribution in [3.8, 4) is 11.5 Å². The van der Waals surface area contributed by atoms with E-state index in [9.17, 15) is 9.59 Å². The molecule has 1 aliphatic rings. The molecule has 2 atom stereocenters. The van der Waals surface area contributed by atoms with Gasteiger partial charge >= 0.3 is 0 Å². The molecule has 2 aromatic carbocycles. The highest BCUT2D eigenvalue weighted by Crippen LogP contribution is 2.34. The van der Waals surface area contributed by atoms with Gasteiger partial charge in [-0.25, -0.2) is 0 Å². The van der Waals surface area contributed by atoms with Crippen molar-refractivity contribution >= 4 is 23.2 Å². The minimum absolute atomic E-state index is 0.0240. The monoisotopic (exact) mass is 396 g/mol. The van der Waals surface area contributed by atoms with Gasteiger partial charge in [-0.1, -0.05) is 32.0 Å². The predicted octanol–water partition coefficient (Wildman–Crippen LogP) is 4.21. The number of nitrogens with one attached hydrogen (secondary N) is 1. The van der Waals surface area contributed by atoms with Gasteiger partial charge in [0, 0.05) is 42.5 Å². The molecule has 0 radical (unpaired) electrons. The van der Waals surface area contributed by atoms with Crippen LogP contribution in [-0.2, 0) is 9.59 Å². The summed E-state index contributed by atoms with van der Waals surface area (Å²) in [5.74, 6) is 0.902. The van der Waals surface area contributed by atoms with Crippen molar-refractivity contribution in [1.29, 1.82) is 0 Å². The molecule has 154 valence electrons. The van der Waals surface area contributed by atoms with Gasteiger partial charge in [-0.15, -0.1) is 0 Å². The smallest absolute Gasteiger partial charge is 0.229 e. The van der Waals surface area contributed by atoms with Gasteiger partial charge in [-0.2, -0.15) is 0 Å². The van der Waals surface area contributed by atoms with Gasteiger partial charge in [0.15, 0.2) is 0 Å². The van der Waals surface area contributed by atoms with E-state index < -0.39 is 5.92 Å². The lowest BCUT2D eigenvalue weighted by Crippen LogP contribution is -2.29. The van der Waals surface area contributed by atoms with E-state index in [4.69, 9.17) is 9.47 Å². The number of rotatable bonds is 7. The molecule has 0 bridgehead atoms. The van der Waals surface area contributed by atoms with Crippen LogP contribution in [0.3, 0.4) is 0 Å². The predicted molar refractivity (Wildman–Crippen MR) is 114 cm³/mol. The zero-order valence-electron chi connectivity index (χ0n) is 17.4. The van der Waals surface area contributed by atoms with Gasteiger partial charge in [0.2, 0.25) is 11.8 Å². The van der Waals surface area contributed by atoms with Crippen LogP contribution in [0.2, 0.25) is 0 Å². The lowest BCUT2D eigenvalue weighted by molar-refractivity contribution is -0.122. The summed E-state index contributed by atoms with van der Waals surface area (Å²) in [6.45, 7) is 4.66. The van der Waals surface area contributed by atoms with E-state index in [1.54, 1.807) is 37.3 Å². The summed E-state index contributed by atoms with van der Waals surface area (Å²) in [5, 5.41) is 2.90. The van der Waals surface area contributed by atoms with Gasteiger partial charge < -0.3 is 19.7 Å². The minimum Gasteiger partial charge on any atom is -0.497 e. The number of carbonyl (C=O) groups excluding carboxylic acids is 2. The topological polar surface area (TPSA) is 67.9 Å². The standard InChI is InChI=1S/C23H28N2O4/c1-5-15(2)20-8-6-7-9-21(20)25-14-16(10-22(25)26)23(27)24-17-11-18(28-3)13-19(12-17)29-4/h6-9,11-13,15-16H,5,10,14H2,1-4H3,(H,24,27)/t15-,16-/m1/s1. The maximum Gasteiger partial charge on any atom is 0.229 e. The van der Waals surface area contributed by atoms with E-state index in [2.05, 4.69) is 25.2 Å². The maximum absolute atomic E-state index is 12.8. The molecule has 0 saturated carbocycles. The summed E-state index contributed by atoms with van der Waals surface area (Å²) in [5.41, 5.74) is 2.63. The SMILES string of the molecule is CC[C@@H](C)c1ccccc1N1C[C@H](C(=O)Nc2cc(OC)cc(OC)c2)CC1=O. The maximum atomic E-state index is 12.8. The van der Waals surface area contributed by atoms with E-state index in [-0.39, 0.29) is 18.2 Å². The zero-order valence-corrected chi connectivity index (χ0v) is 17.4. The van der Waals surface area contributed by atoms with Crippen LogP contribution in [0.5, 0.6) is 11.5 Å². The molecule has 1 aliphatic heterocycles. The van der Waals surface area contributed by atoms with Crippen molar-refractivity contribution in [1.82, 2.24) is 0 Å². The van der Waals surface area contributed by atoms with Crippen molar-refractivity contribution in [2.75, 3.05) is 31.0 Å². The molecule has 0 unspecified atom stereocenters. The number of carbonyl (C=O) groups is 2. The second kappa shape index (κ2) is 8.99. The van der Waals surface area contributed by atoms with Crippen LogP contribution in [-0.4, -0.2) is 32.6 Å². The third-order valence-corrected chi connectivity index (χ3v) is 5.49. The molecular formula is C23H28N2O4. The average Bonchev–Trinajstić information content (AvgIpc) is 3.14. The van der Waals surface area contributed by atoms with Crippen molar-refractivity contribution in [3.63, 3.8) is 0 Å². The molecule has 3 rings (SSSR count). The lowest BCUT2D eigenvalue weighted by Gasteiger charge is -2.23. The van der Waals surface area contributed by atoms with Crippen LogP contribution in [0.4, 0.5) is 11.4 Å². The Hall–Kier alpha value is -3.02. The van der Waals surface area contributed by atoms with Crippen LogP contribution in [0.25, 0.3) is 0 Å². The molecule has 1 fully saturated rings. The fourth-order valence-corrected chi connectivity index (χ4v) is 3.61. The van der Waals surface area contributed by atoms with Gasteiger partial charge in [-0.05, 0) is 24.0 Å². The van der Waals surface area contributed by atoms with Gasteiger partial charge in [0.05, 0.1) is 20.1 Å². The molecule has 0 aliphatic carbocycles. The molecule has 0 spiro atoms. The molecule has 6 heteroatoms. The van der Waals surface area contributed by atoms with Crippen LogP contribution < -0.4 is 19.7 Å². The molecule has 29 heavy (non-hydrogen) atoms. The lowest BCUT2D eigenvalue weighted by atomic mass is 9.96. The Morgan fingerprint density at radius 2 is 1.83 bits per heavy atom. The number of hydrogen-bond donors (Lipinski definition) is 1. The molecule has 2 amide bonds.